The van der Waals surface area contributed by atoms with Crippen molar-refractivity contribution in [3.63, 3.8) is 0 Å². The molecule has 0 aliphatic carbocycles. The predicted octanol–water partition coefficient (Wildman–Crippen LogP) is 1.07. The number of imidazole rings is 1. The number of nitrogens with zero attached hydrogens (tertiary/aromatic N) is 4. The molecule has 0 atom stereocenters. The monoisotopic (exact) mass is 429 g/mol. The standard InChI is InChI=1S/C21H18ClN5.CH3O.Na/c1-15-24-13-20(27(15)14-16-6-3-2-4-7-16)19-10-11-23-21(26-19)25-18-9-5-8-17(22)12-18;1-2;/h2-13H,14H2,1H3,(H,23,25,26);1H3;/q;-1;+1. The van der Waals surface area contributed by atoms with Crippen molar-refractivity contribution >= 4 is 23.2 Å². The number of aryl methyl sites for hydroxylation is 1. The van der Waals surface area contributed by atoms with Crippen LogP contribution in [0.15, 0.2) is 73.1 Å². The zero-order valence-electron chi connectivity index (χ0n) is 17.2. The summed E-state index contributed by atoms with van der Waals surface area (Å²) in [6, 6.07) is 19.7. The summed E-state index contributed by atoms with van der Waals surface area (Å²) in [5.74, 6) is 1.46. The first-order valence-corrected chi connectivity index (χ1v) is 9.40. The zero-order valence-corrected chi connectivity index (χ0v) is 20.0. The molecule has 8 heteroatoms. The van der Waals surface area contributed by atoms with Crippen LogP contribution in [0.25, 0.3) is 11.4 Å². The molecule has 0 saturated carbocycles. The summed E-state index contributed by atoms with van der Waals surface area (Å²) in [5, 5.41) is 12.1. The van der Waals surface area contributed by atoms with Crippen molar-refractivity contribution in [3.05, 3.63) is 89.5 Å². The van der Waals surface area contributed by atoms with E-state index in [4.69, 9.17) is 16.7 Å². The van der Waals surface area contributed by atoms with Gasteiger partial charge in [-0.25, -0.2) is 15.0 Å². The van der Waals surface area contributed by atoms with Crippen molar-refractivity contribution in [2.24, 2.45) is 0 Å². The number of aromatic nitrogens is 4. The van der Waals surface area contributed by atoms with Crippen LogP contribution in [0.2, 0.25) is 5.02 Å². The van der Waals surface area contributed by atoms with E-state index < -0.39 is 0 Å². The average molecular weight is 430 g/mol. The van der Waals surface area contributed by atoms with Crippen LogP contribution in [0.3, 0.4) is 0 Å². The number of hydrogen-bond donors (Lipinski definition) is 1. The number of anilines is 2. The zero-order chi connectivity index (χ0) is 20.6. The summed E-state index contributed by atoms with van der Waals surface area (Å²) in [6.45, 7) is 2.74. The summed E-state index contributed by atoms with van der Waals surface area (Å²) < 4.78 is 2.15. The Bertz CT molecular complexity index is 1070. The first kappa shape index (κ1) is 24.1. The summed E-state index contributed by atoms with van der Waals surface area (Å²) in [7, 11) is 0.750. The Morgan fingerprint density at radius 3 is 2.50 bits per heavy atom. The molecule has 0 spiro atoms. The molecule has 2 aromatic carbocycles. The molecule has 4 rings (SSSR count). The summed E-state index contributed by atoms with van der Waals surface area (Å²) >= 11 is 6.05. The van der Waals surface area contributed by atoms with E-state index in [0.717, 1.165) is 36.6 Å². The molecule has 0 bridgehead atoms. The van der Waals surface area contributed by atoms with Crippen LogP contribution in [0.4, 0.5) is 11.6 Å². The summed E-state index contributed by atoms with van der Waals surface area (Å²) in [6.07, 6.45) is 3.59. The van der Waals surface area contributed by atoms with Gasteiger partial charge < -0.3 is 15.0 Å². The van der Waals surface area contributed by atoms with Gasteiger partial charge in [-0.05, 0) is 36.8 Å². The van der Waals surface area contributed by atoms with Gasteiger partial charge in [0, 0.05) is 23.5 Å². The second kappa shape index (κ2) is 11.8. The first-order valence-electron chi connectivity index (χ1n) is 9.02. The fourth-order valence-electron chi connectivity index (χ4n) is 2.90. The van der Waals surface area contributed by atoms with E-state index in [-0.39, 0.29) is 29.6 Å². The Morgan fingerprint density at radius 1 is 1.00 bits per heavy atom. The number of benzene rings is 2. The van der Waals surface area contributed by atoms with Crippen LogP contribution in [0.1, 0.15) is 11.4 Å². The molecule has 2 heterocycles. The third kappa shape index (κ3) is 6.14. The van der Waals surface area contributed by atoms with Gasteiger partial charge in [0.2, 0.25) is 5.95 Å². The number of rotatable bonds is 5. The van der Waals surface area contributed by atoms with Crippen LogP contribution in [0, 0.1) is 6.92 Å². The third-order valence-corrected chi connectivity index (χ3v) is 4.47. The van der Waals surface area contributed by atoms with Crippen molar-refractivity contribution in [1.29, 1.82) is 0 Å². The van der Waals surface area contributed by atoms with Crippen molar-refractivity contribution in [1.82, 2.24) is 19.5 Å². The predicted molar refractivity (Wildman–Crippen MR) is 114 cm³/mol. The van der Waals surface area contributed by atoms with Gasteiger partial charge in [-0.15, -0.1) is 0 Å². The minimum atomic E-state index is 0. The van der Waals surface area contributed by atoms with Crippen molar-refractivity contribution < 1.29 is 34.7 Å². The van der Waals surface area contributed by atoms with E-state index in [9.17, 15) is 0 Å². The maximum atomic E-state index is 8.25. The van der Waals surface area contributed by atoms with E-state index in [1.807, 2.05) is 61.7 Å². The molecule has 4 aromatic rings. The van der Waals surface area contributed by atoms with Crippen LogP contribution < -0.4 is 40.0 Å². The van der Waals surface area contributed by atoms with Crippen molar-refractivity contribution in [3.8, 4) is 11.4 Å². The molecule has 30 heavy (non-hydrogen) atoms. The maximum absolute atomic E-state index is 8.25. The number of halogens is 1. The van der Waals surface area contributed by atoms with E-state index in [2.05, 4.69) is 37.0 Å². The fraction of sp³-hybridized carbons (Fsp3) is 0.136. The van der Waals surface area contributed by atoms with Gasteiger partial charge in [0.15, 0.2) is 0 Å². The van der Waals surface area contributed by atoms with Crippen molar-refractivity contribution in [2.45, 2.75) is 13.5 Å². The molecular formula is C22H21ClN5NaO. The molecule has 0 amide bonds. The average Bonchev–Trinajstić information content (AvgIpc) is 3.11. The molecule has 0 aliphatic heterocycles. The number of hydrogen-bond acceptors (Lipinski definition) is 5. The first-order chi connectivity index (χ1) is 14.2. The molecule has 0 aliphatic rings. The normalized spacial score (nSPS) is 9.87. The smallest absolute Gasteiger partial charge is 0.857 e. The quantitative estimate of drug-likeness (QED) is 0.480. The minimum absolute atomic E-state index is 0. The van der Waals surface area contributed by atoms with Gasteiger partial charge in [-0.1, -0.05) is 48.0 Å². The molecule has 6 nitrogen and oxygen atoms in total. The minimum Gasteiger partial charge on any atom is -0.857 e. The molecule has 0 unspecified atom stereocenters. The van der Waals surface area contributed by atoms with Crippen LogP contribution in [0.5, 0.6) is 0 Å². The Morgan fingerprint density at radius 2 is 1.77 bits per heavy atom. The second-order valence-corrected chi connectivity index (χ2v) is 6.60. The molecule has 0 saturated heterocycles. The van der Waals surface area contributed by atoms with Gasteiger partial charge in [-0.2, -0.15) is 7.11 Å². The fourth-order valence-corrected chi connectivity index (χ4v) is 3.09. The van der Waals surface area contributed by atoms with Crippen LogP contribution >= 0.6 is 11.6 Å². The summed E-state index contributed by atoms with van der Waals surface area (Å²) in [5.41, 5.74) is 3.82. The second-order valence-electron chi connectivity index (χ2n) is 6.16. The summed E-state index contributed by atoms with van der Waals surface area (Å²) in [4.78, 5) is 13.5. The molecule has 0 radical (unpaired) electrons. The Balaban J connectivity index is 0.00000104. The van der Waals surface area contributed by atoms with E-state index in [1.165, 1.54) is 5.56 Å². The SMILES string of the molecule is C[O-].Cc1ncc(-c2ccnc(Nc3cccc(Cl)c3)n2)n1Cc1ccccc1.[Na+]. The third-order valence-electron chi connectivity index (χ3n) is 4.24. The van der Waals surface area contributed by atoms with E-state index >= 15 is 0 Å². The van der Waals surface area contributed by atoms with E-state index in [0.29, 0.717) is 11.0 Å². The molecular weight excluding hydrogens is 409 g/mol. The van der Waals surface area contributed by atoms with Gasteiger partial charge >= 0.3 is 29.6 Å². The van der Waals surface area contributed by atoms with Gasteiger partial charge in [0.05, 0.1) is 17.6 Å². The Labute approximate surface area is 203 Å². The van der Waals surface area contributed by atoms with Gasteiger partial charge in [0.25, 0.3) is 0 Å². The van der Waals surface area contributed by atoms with Crippen LogP contribution in [-0.2, 0) is 6.54 Å². The topological polar surface area (TPSA) is 78.7 Å². The van der Waals surface area contributed by atoms with Gasteiger partial charge in [-0.3, -0.25) is 0 Å². The molecule has 1 N–H and O–H groups in total. The Kier molecular flexibility index (Phi) is 9.49. The van der Waals surface area contributed by atoms with Crippen LogP contribution in [-0.4, -0.2) is 26.6 Å². The Hall–Kier alpha value is -2.22. The van der Waals surface area contributed by atoms with E-state index in [1.54, 1.807) is 6.20 Å². The molecule has 2 aromatic heterocycles. The number of nitrogens with one attached hydrogen (secondary N) is 1. The van der Waals surface area contributed by atoms with Gasteiger partial charge in [0.1, 0.15) is 5.82 Å². The molecule has 0 fully saturated rings. The molecule has 148 valence electrons. The largest absolute Gasteiger partial charge is 1.00 e. The van der Waals surface area contributed by atoms with Crippen molar-refractivity contribution in [2.75, 3.05) is 12.4 Å². The maximum Gasteiger partial charge on any atom is 1.00 e.